The standard InChI is InChI=1S/C17H18F2N2O/c18-13-7-8-16(15(19)10-13)22-17-12(4-3-9-20-17)11-21-14-5-1-2-6-14/h3-4,7-10,14,21H,1-2,5-6,11H2. The SMILES string of the molecule is Fc1ccc(Oc2ncccc2CNC2CCCC2)c(F)c1. The first-order chi connectivity index (χ1) is 10.7. The first kappa shape index (κ1) is 14.9. The summed E-state index contributed by atoms with van der Waals surface area (Å²) in [6.45, 7) is 0.622. The minimum atomic E-state index is -0.736. The molecule has 0 saturated heterocycles. The molecule has 0 radical (unpaired) electrons. The van der Waals surface area contributed by atoms with Gasteiger partial charge in [0.25, 0.3) is 0 Å². The van der Waals surface area contributed by atoms with E-state index in [9.17, 15) is 8.78 Å². The van der Waals surface area contributed by atoms with Crippen LogP contribution in [0.5, 0.6) is 11.6 Å². The van der Waals surface area contributed by atoms with Crippen molar-refractivity contribution in [2.24, 2.45) is 0 Å². The van der Waals surface area contributed by atoms with Crippen LogP contribution in [0.3, 0.4) is 0 Å². The lowest BCUT2D eigenvalue weighted by Crippen LogP contribution is -2.25. The maximum atomic E-state index is 13.7. The lowest BCUT2D eigenvalue weighted by Gasteiger charge is -2.14. The Bertz CT molecular complexity index is 642. The van der Waals surface area contributed by atoms with E-state index >= 15 is 0 Å². The van der Waals surface area contributed by atoms with E-state index in [1.54, 1.807) is 6.20 Å². The van der Waals surface area contributed by atoms with Crippen molar-refractivity contribution in [2.45, 2.75) is 38.3 Å². The molecule has 1 aromatic carbocycles. The van der Waals surface area contributed by atoms with Gasteiger partial charge >= 0.3 is 0 Å². The monoisotopic (exact) mass is 304 g/mol. The number of aromatic nitrogens is 1. The Kier molecular flexibility index (Phi) is 4.63. The van der Waals surface area contributed by atoms with E-state index in [0.29, 0.717) is 18.5 Å². The smallest absolute Gasteiger partial charge is 0.223 e. The van der Waals surface area contributed by atoms with E-state index in [-0.39, 0.29) is 5.75 Å². The van der Waals surface area contributed by atoms with Crippen molar-refractivity contribution in [2.75, 3.05) is 0 Å². The van der Waals surface area contributed by atoms with Gasteiger partial charge in [0, 0.05) is 30.4 Å². The van der Waals surface area contributed by atoms with Crippen LogP contribution >= 0.6 is 0 Å². The van der Waals surface area contributed by atoms with Crippen molar-refractivity contribution >= 4 is 0 Å². The summed E-state index contributed by atoms with van der Waals surface area (Å²) >= 11 is 0. The second-order valence-electron chi connectivity index (χ2n) is 5.51. The summed E-state index contributed by atoms with van der Waals surface area (Å²) in [6.07, 6.45) is 6.48. The number of nitrogens with zero attached hydrogens (tertiary/aromatic N) is 1. The first-order valence-corrected chi connectivity index (χ1v) is 7.52. The molecule has 1 heterocycles. The molecule has 3 nitrogen and oxygen atoms in total. The number of benzene rings is 1. The normalized spacial score (nSPS) is 15.2. The van der Waals surface area contributed by atoms with Crippen molar-refractivity contribution in [3.8, 4) is 11.6 Å². The van der Waals surface area contributed by atoms with Crippen LogP contribution in [0.1, 0.15) is 31.2 Å². The molecule has 0 aliphatic heterocycles. The number of pyridine rings is 1. The lowest BCUT2D eigenvalue weighted by atomic mass is 10.2. The van der Waals surface area contributed by atoms with Gasteiger partial charge in [-0.2, -0.15) is 0 Å². The molecule has 0 bridgehead atoms. The van der Waals surface area contributed by atoms with Crippen molar-refractivity contribution in [1.82, 2.24) is 10.3 Å². The Morgan fingerprint density at radius 3 is 2.77 bits per heavy atom. The van der Waals surface area contributed by atoms with Crippen LogP contribution in [-0.4, -0.2) is 11.0 Å². The molecule has 1 saturated carbocycles. The Labute approximate surface area is 128 Å². The highest BCUT2D eigenvalue weighted by Crippen LogP contribution is 2.26. The third-order valence-corrected chi connectivity index (χ3v) is 3.89. The first-order valence-electron chi connectivity index (χ1n) is 7.52. The molecule has 0 amide bonds. The summed E-state index contributed by atoms with van der Waals surface area (Å²) in [4.78, 5) is 4.16. The van der Waals surface area contributed by atoms with Crippen molar-refractivity contribution in [3.05, 3.63) is 53.7 Å². The highest BCUT2D eigenvalue weighted by Gasteiger charge is 2.16. The molecule has 116 valence electrons. The van der Waals surface area contributed by atoms with Gasteiger partial charge in [-0.25, -0.2) is 13.8 Å². The predicted molar refractivity (Wildman–Crippen MR) is 79.8 cm³/mol. The molecule has 0 atom stereocenters. The zero-order chi connectivity index (χ0) is 15.4. The van der Waals surface area contributed by atoms with Crippen LogP contribution in [0.15, 0.2) is 36.5 Å². The number of rotatable bonds is 5. The second kappa shape index (κ2) is 6.83. The molecule has 1 aliphatic carbocycles. The largest absolute Gasteiger partial charge is 0.436 e. The summed E-state index contributed by atoms with van der Waals surface area (Å²) < 4.78 is 32.1. The van der Waals surface area contributed by atoms with E-state index in [1.165, 1.54) is 31.7 Å². The molecule has 1 aromatic heterocycles. The maximum Gasteiger partial charge on any atom is 0.223 e. The van der Waals surface area contributed by atoms with Crippen LogP contribution in [0.4, 0.5) is 8.78 Å². The molecule has 1 fully saturated rings. The van der Waals surface area contributed by atoms with Crippen LogP contribution in [0, 0.1) is 11.6 Å². The van der Waals surface area contributed by atoms with Crippen molar-refractivity contribution in [1.29, 1.82) is 0 Å². The number of halogens is 2. The van der Waals surface area contributed by atoms with E-state index in [2.05, 4.69) is 10.3 Å². The topological polar surface area (TPSA) is 34.1 Å². The molecule has 1 N–H and O–H groups in total. The molecular formula is C17H18F2N2O. The van der Waals surface area contributed by atoms with E-state index < -0.39 is 11.6 Å². The number of hydrogen-bond acceptors (Lipinski definition) is 3. The van der Waals surface area contributed by atoms with Crippen molar-refractivity contribution in [3.63, 3.8) is 0 Å². The highest BCUT2D eigenvalue weighted by molar-refractivity contribution is 5.33. The van der Waals surface area contributed by atoms with Gasteiger partial charge in [-0.1, -0.05) is 18.9 Å². The zero-order valence-corrected chi connectivity index (χ0v) is 12.2. The second-order valence-corrected chi connectivity index (χ2v) is 5.51. The van der Waals surface area contributed by atoms with Crippen LogP contribution < -0.4 is 10.1 Å². The average Bonchev–Trinajstić information content (AvgIpc) is 3.02. The molecule has 3 rings (SSSR count). The van der Waals surface area contributed by atoms with E-state index in [0.717, 1.165) is 17.7 Å². The quantitative estimate of drug-likeness (QED) is 0.899. The highest BCUT2D eigenvalue weighted by atomic mass is 19.1. The number of nitrogens with one attached hydrogen (secondary N) is 1. The molecular weight excluding hydrogens is 286 g/mol. The third-order valence-electron chi connectivity index (χ3n) is 3.89. The van der Waals surface area contributed by atoms with Crippen LogP contribution in [0.25, 0.3) is 0 Å². The predicted octanol–water partition coefficient (Wildman–Crippen LogP) is 4.18. The van der Waals surface area contributed by atoms with Crippen LogP contribution in [-0.2, 0) is 6.54 Å². The minimum absolute atomic E-state index is 0.0257. The van der Waals surface area contributed by atoms with Gasteiger partial charge in [-0.3, -0.25) is 0 Å². The molecule has 1 aliphatic rings. The zero-order valence-electron chi connectivity index (χ0n) is 12.2. The van der Waals surface area contributed by atoms with Gasteiger partial charge in [0.1, 0.15) is 5.82 Å². The Morgan fingerprint density at radius 2 is 2.00 bits per heavy atom. The van der Waals surface area contributed by atoms with E-state index in [1.807, 2.05) is 12.1 Å². The lowest BCUT2D eigenvalue weighted by molar-refractivity contribution is 0.414. The van der Waals surface area contributed by atoms with Crippen LogP contribution in [0.2, 0.25) is 0 Å². The fourth-order valence-electron chi connectivity index (χ4n) is 2.70. The fraction of sp³-hybridized carbons (Fsp3) is 0.353. The van der Waals surface area contributed by atoms with E-state index in [4.69, 9.17) is 4.74 Å². The molecule has 0 spiro atoms. The maximum absolute atomic E-state index is 13.7. The number of ether oxygens (including phenoxy) is 1. The van der Waals surface area contributed by atoms with Gasteiger partial charge in [-0.05, 0) is 31.0 Å². The third kappa shape index (κ3) is 3.60. The van der Waals surface area contributed by atoms with Gasteiger partial charge in [0.2, 0.25) is 5.88 Å². The van der Waals surface area contributed by atoms with Gasteiger partial charge in [-0.15, -0.1) is 0 Å². The summed E-state index contributed by atoms with van der Waals surface area (Å²) in [5.41, 5.74) is 0.859. The Hall–Kier alpha value is -2.01. The summed E-state index contributed by atoms with van der Waals surface area (Å²) in [5.74, 6) is -1.05. The minimum Gasteiger partial charge on any atom is -0.436 e. The van der Waals surface area contributed by atoms with Gasteiger partial charge in [0.15, 0.2) is 11.6 Å². The number of hydrogen-bond donors (Lipinski definition) is 1. The van der Waals surface area contributed by atoms with Gasteiger partial charge < -0.3 is 10.1 Å². The summed E-state index contributed by atoms with van der Waals surface area (Å²) in [5, 5.41) is 3.47. The average molecular weight is 304 g/mol. The molecule has 0 unspecified atom stereocenters. The fourth-order valence-corrected chi connectivity index (χ4v) is 2.70. The Morgan fingerprint density at radius 1 is 1.18 bits per heavy atom. The summed E-state index contributed by atoms with van der Waals surface area (Å²) in [7, 11) is 0. The molecule has 2 aromatic rings. The molecule has 5 heteroatoms. The summed E-state index contributed by atoms with van der Waals surface area (Å²) in [6, 6.07) is 7.47. The molecule has 22 heavy (non-hydrogen) atoms. The van der Waals surface area contributed by atoms with Gasteiger partial charge in [0.05, 0.1) is 0 Å². The van der Waals surface area contributed by atoms with Crippen molar-refractivity contribution < 1.29 is 13.5 Å². The Balaban J connectivity index is 1.72.